The minimum absolute atomic E-state index is 0.327. The van der Waals surface area contributed by atoms with E-state index in [4.69, 9.17) is 5.11 Å². The number of carbonyl (C=O) groups is 1. The van der Waals surface area contributed by atoms with E-state index in [0.29, 0.717) is 6.61 Å². The van der Waals surface area contributed by atoms with Crippen molar-refractivity contribution >= 4 is 6.16 Å². The van der Waals surface area contributed by atoms with Crippen molar-refractivity contribution in [3.05, 3.63) is 35.9 Å². The van der Waals surface area contributed by atoms with Crippen LogP contribution in [0.1, 0.15) is 37.7 Å². The Morgan fingerprint density at radius 1 is 1.00 bits per heavy atom. The van der Waals surface area contributed by atoms with Gasteiger partial charge in [0.2, 0.25) is 0 Å². The summed E-state index contributed by atoms with van der Waals surface area (Å²) in [5, 5.41) is 8.26. The average molecular weight is 236 g/mol. The summed E-state index contributed by atoms with van der Waals surface area (Å²) in [6.45, 7) is 0.327. The fourth-order valence-electron chi connectivity index (χ4n) is 1.77. The Labute approximate surface area is 102 Å². The van der Waals surface area contributed by atoms with Crippen LogP contribution in [0.15, 0.2) is 30.3 Å². The predicted molar refractivity (Wildman–Crippen MR) is 67.2 cm³/mol. The summed E-state index contributed by atoms with van der Waals surface area (Å²) in [6.07, 6.45) is 5.38. The maximum atomic E-state index is 10.1. The molecule has 3 nitrogen and oxygen atoms in total. The highest BCUT2D eigenvalue weighted by Gasteiger charge is 1.96. The second-order valence-corrected chi connectivity index (χ2v) is 4.12. The molecule has 0 radical (unpaired) electrons. The maximum Gasteiger partial charge on any atom is 0.505 e. The van der Waals surface area contributed by atoms with Crippen molar-refractivity contribution < 1.29 is 14.6 Å². The summed E-state index contributed by atoms with van der Waals surface area (Å²) in [7, 11) is 0. The number of carboxylic acid groups (broad SMARTS) is 1. The van der Waals surface area contributed by atoms with Crippen LogP contribution in [0.4, 0.5) is 4.79 Å². The summed E-state index contributed by atoms with van der Waals surface area (Å²) in [6, 6.07) is 10.5. The van der Waals surface area contributed by atoms with Crippen LogP contribution in [-0.2, 0) is 11.2 Å². The molecule has 0 aliphatic heterocycles. The van der Waals surface area contributed by atoms with Crippen LogP contribution in [0.5, 0.6) is 0 Å². The van der Waals surface area contributed by atoms with Crippen LogP contribution in [0.25, 0.3) is 0 Å². The molecule has 0 saturated carbocycles. The zero-order valence-corrected chi connectivity index (χ0v) is 10.1. The summed E-state index contributed by atoms with van der Waals surface area (Å²) in [4.78, 5) is 10.1. The summed E-state index contributed by atoms with van der Waals surface area (Å²) < 4.78 is 4.43. The molecule has 94 valence electrons. The number of ether oxygens (including phenoxy) is 1. The lowest BCUT2D eigenvalue weighted by Crippen LogP contribution is -2.01. The van der Waals surface area contributed by atoms with E-state index in [1.807, 2.05) is 6.07 Å². The van der Waals surface area contributed by atoms with Crippen molar-refractivity contribution in [3.63, 3.8) is 0 Å². The van der Waals surface area contributed by atoms with Gasteiger partial charge in [0.15, 0.2) is 0 Å². The van der Waals surface area contributed by atoms with Crippen LogP contribution in [0.3, 0.4) is 0 Å². The Morgan fingerprint density at radius 3 is 2.35 bits per heavy atom. The highest BCUT2D eigenvalue weighted by Crippen LogP contribution is 2.08. The van der Waals surface area contributed by atoms with E-state index in [-0.39, 0.29) is 0 Å². The van der Waals surface area contributed by atoms with E-state index in [1.54, 1.807) is 0 Å². The van der Waals surface area contributed by atoms with E-state index in [0.717, 1.165) is 25.7 Å². The molecule has 1 rings (SSSR count). The lowest BCUT2D eigenvalue weighted by atomic mass is 10.1. The van der Waals surface area contributed by atoms with Gasteiger partial charge in [-0.05, 0) is 24.8 Å². The van der Waals surface area contributed by atoms with Gasteiger partial charge in [0.05, 0.1) is 6.61 Å². The Kier molecular flexibility index (Phi) is 6.87. The second-order valence-electron chi connectivity index (χ2n) is 4.12. The van der Waals surface area contributed by atoms with Gasteiger partial charge in [0.25, 0.3) is 0 Å². The van der Waals surface area contributed by atoms with E-state index in [1.165, 1.54) is 18.4 Å². The van der Waals surface area contributed by atoms with Crippen LogP contribution < -0.4 is 0 Å². The molecule has 0 heterocycles. The fraction of sp³-hybridized carbons (Fsp3) is 0.500. The number of benzene rings is 1. The first-order valence-electron chi connectivity index (χ1n) is 6.18. The Morgan fingerprint density at radius 2 is 1.65 bits per heavy atom. The minimum atomic E-state index is -1.17. The Bertz CT molecular complexity index is 309. The van der Waals surface area contributed by atoms with Crippen LogP contribution in [0.2, 0.25) is 0 Å². The third-order valence-corrected chi connectivity index (χ3v) is 2.68. The molecular weight excluding hydrogens is 216 g/mol. The van der Waals surface area contributed by atoms with Crippen molar-refractivity contribution in [3.8, 4) is 0 Å². The molecule has 1 aromatic rings. The standard InChI is InChI=1S/C14H20O3/c15-14(16)17-12-8-3-1-2-5-9-13-10-6-4-7-11-13/h4,6-7,10-11H,1-3,5,8-9,12H2,(H,15,16). The van der Waals surface area contributed by atoms with Crippen molar-refractivity contribution in [1.82, 2.24) is 0 Å². The summed E-state index contributed by atoms with van der Waals surface area (Å²) >= 11 is 0. The monoisotopic (exact) mass is 236 g/mol. The number of rotatable bonds is 8. The molecular formula is C14H20O3. The zero-order chi connectivity index (χ0) is 12.3. The quantitative estimate of drug-likeness (QED) is 0.550. The maximum absolute atomic E-state index is 10.1. The third-order valence-electron chi connectivity index (χ3n) is 2.68. The van der Waals surface area contributed by atoms with Gasteiger partial charge in [-0.3, -0.25) is 0 Å². The normalized spacial score (nSPS) is 10.1. The van der Waals surface area contributed by atoms with Crippen LogP contribution in [-0.4, -0.2) is 17.9 Å². The molecule has 1 aromatic carbocycles. The van der Waals surface area contributed by atoms with Gasteiger partial charge in [0, 0.05) is 0 Å². The molecule has 0 aliphatic carbocycles. The first kappa shape index (κ1) is 13.6. The molecule has 0 fully saturated rings. The number of hydrogen-bond donors (Lipinski definition) is 1. The van der Waals surface area contributed by atoms with E-state index < -0.39 is 6.16 Å². The first-order chi connectivity index (χ1) is 8.29. The minimum Gasteiger partial charge on any atom is -0.450 e. The van der Waals surface area contributed by atoms with Gasteiger partial charge in [-0.2, -0.15) is 0 Å². The molecule has 0 atom stereocenters. The van der Waals surface area contributed by atoms with Gasteiger partial charge < -0.3 is 9.84 Å². The summed E-state index contributed by atoms with van der Waals surface area (Å²) in [5.74, 6) is 0. The van der Waals surface area contributed by atoms with Crippen molar-refractivity contribution in [1.29, 1.82) is 0 Å². The molecule has 0 unspecified atom stereocenters. The van der Waals surface area contributed by atoms with Gasteiger partial charge in [0.1, 0.15) is 0 Å². The van der Waals surface area contributed by atoms with Gasteiger partial charge >= 0.3 is 6.16 Å². The molecule has 1 N–H and O–H groups in total. The SMILES string of the molecule is O=C(O)OCCCCCCCc1ccccc1. The Hall–Kier alpha value is -1.51. The first-order valence-corrected chi connectivity index (χ1v) is 6.18. The molecule has 0 amide bonds. The molecule has 0 aromatic heterocycles. The largest absolute Gasteiger partial charge is 0.505 e. The number of aryl methyl sites for hydroxylation is 1. The van der Waals surface area contributed by atoms with E-state index >= 15 is 0 Å². The molecule has 3 heteroatoms. The Balaban J connectivity index is 1.90. The topological polar surface area (TPSA) is 46.5 Å². The summed E-state index contributed by atoms with van der Waals surface area (Å²) in [5.41, 5.74) is 1.39. The predicted octanol–water partition coefficient (Wildman–Crippen LogP) is 3.87. The van der Waals surface area contributed by atoms with Crippen molar-refractivity contribution in [2.45, 2.75) is 38.5 Å². The number of unbranched alkanes of at least 4 members (excludes halogenated alkanes) is 4. The smallest absolute Gasteiger partial charge is 0.450 e. The molecule has 0 spiro atoms. The van der Waals surface area contributed by atoms with Crippen molar-refractivity contribution in [2.24, 2.45) is 0 Å². The van der Waals surface area contributed by atoms with E-state index in [9.17, 15) is 4.79 Å². The van der Waals surface area contributed by atoms with Crippen LogP contribution >= 0.6 is 0 Å². The lowest BCUT2D eigenvalue weighted by Gasteiger charge is -2.02. The second kappa shape index (κ2) is 8.62. The van der Waals surface area contributed by atoms with Crippen molar-refractivity contribution in [2.75, 3.05) is 6.61 Å². The zero-order valence-electron chi connectivity index (χ0n) is 10.1. The molecule has 0 bridgehead atoms. The average Bonchev–Trinajstić information content (AvgIpc) is 2.33. The van der Waals surface area contributed by atoms with Gasteiger partial charge in [-0.25, -0.2) is 4.79 Å². The highest BCUT2D eigenvalue weighted by atomic mass is 16.7. The lowest BCUT2D eigenvalue weighted by molar-refractivity contribution is 0.0899. The van der Waals surface area contributed by atoms with Gasteiger partial charge in [-0.1, -0.05) is 49.6 Å². The number of hydrogen-bond acceptors (Lipinski definition) is 2. The van der Waals surface area contributed by atoms with Crippen LogP contribution in [0, 0.1) is 0 Å². The molecule has 0 saturated heterocycles. The fourth-order valence-corrected chi connectivity index (χ4v) is 1.77. The molecule has 17 heavy (non-hydrogen) atoms. The highest BCUT2D eigenvalue weighted by molar-refractivity contribution is 5.56. The van der Waals surface area contributed by atoms with E-state index in [2.05, 4.69) is 29.0 Å². The molecule has 0 aliphatic rings. The third kappa shape index (κ3) is 7.39. The van der Waals surface area contributed by atoms with Gasteiger partial charge in [-0.15, -0.1) is 0 Å².